The fourth-order valence-electron chi connectivity index (χ4n) is 1.55. The molecular weight excluding hydrogens is 292 g/mol. The molecule has 2 rings (SSSR count). The molecule has 0 radical (unpaired) electrons. The second-order valence-electron chi connectivity index (χ2n) is 3.72. The van der Waals surface area contributed by atoms with Gasteiger partial charge in [-0.15, -0.1) is 0 Å². The summed E-state index contributed by atoms with van der Waals surface area (Å²) in [7, 11) is 0. The molecule has 19 heavy (non-hydrogen) atoms. The maximum Gasteiger partial charge on any atom is 0.337 e. The van der Waals surface area contributed by atoms with Crippen LogP contribution in [0.15, 0.2) is 36.4 Å². The second kappa shape index (κ2) is 5.47. The Morgan fingerprint density at radius 3 is 2.58 bits per heavy atom. The number of hydrogen-bond acceptors (Lipinski definition) is 2. The number of nitrogens with one attached hydrogen (secondary N) is 1. The second-order valence-corrected chi connectivity index (χ2v) is 4.57. The Bertz CT molecular complexity index is 647. The van der Waals surface area contributed by atoms with Gasteiger partial charge in [-0.3, -0.25) is 0 Å². The van der Waals surface area contributed by atoms with Crippen molar-refractivity contribution in [2.24, 2.45) is 0 Å². The Balaban J connectivity index is 2.44. The number of carbonyl (C=O) groups is 1. The molecule has 0 saturated heterocycles. The SMILES string of the molecule is O=C(O)c1cc(Cl)ccc1Nc1cccc(Cl)c1F. The Morgan fingerprint density at radius 2 is 1.89 bits per heavy atom. The Hall–Kier alpha value is -1.78. The minimum Gasteiger partial charge on any atom is -0.478 e. The molecule has 0 atom stereocenters. The fraction of sp³-hybridized carbons (Fsp3) is 0. The monoisotopic (exact) mass is 299 g/mol. The molecule has 0 unspecified atom stereocenters. The summed E-state index contributed by atoms with van der Waals surface area (Å²) in [4.78, 5) is 11.1. The Kier molecular flexibility index (Phi) is 3.93. The number of benzene rings is 2. The van der Waals surface area contributed by atoms with E-state index in [2.05, 4.69) is 5.32 Å². The van der Waals surface area contributed by atoms with E-state index in [9.17, 15) is 9.18 Å². The van der Waals surface area contributed by atoms with Crippen LogP contribution in [0.1, 0.15) is 10.4 Å². The molecule has 0 amide bonds. The average molecular weight is 300 g/mol. The number of hydrogen-bond donors (Lipinski definition) is 2. The molecule has 3 nitrogen and oxygen atoms in total. The first-order valence-corrected chi connectivity index (χ1v) is 5.98. The normalized spacial score (nSPS) is 10.3. The maximum absolute atomic E-state index is 13.7. The van der Waals surface area contributed by atoms with Gasteiger partial charge in [0.2, 0.25) is 0 Å². The summed E-state index contributed by atoms with van der Waals surface area (Å²) in [6.45, 7) is 0. The molecular formula is C13H8Cl2FNO2. The Morgan fingerprint density at radius 1 is 1.16 bits per heavy atom. The lowest BCUT2D eigenvalue weighted by molar-refractivity contribution is 0.0698. The summed E-state index contributed by atoms with van der Waals surface area (Å²) in [6, 6.07) is 8.69. The number of rotatable bonds is 3. The molecule has 0 heterocycles. The summed E-state index contributed by atoms with van der Waals surface area (Å²) >= 11 is 11.4. The summed E-state index contributed by atoms with van der Waals surface area (Å²) in [5.74, 6) is -1.80. The zero-order valence-corrected chi connectivity index (χ0v) is 11.0. The van der Waals surface area contributed by atoms with Crippen LogP contribution in [0.3, 0.4) is 0 Å². The highest BCUT2D eigenvalue weighted by Gasteiger charge is 2.13. The quantitative estimate of drug-likeness (QED) is 0.872. The van der Waals surface area contributed by atoms with Crippen LogP contribution in [0.5, 0.6) is 0 Å². The third-order valence-corrected chi connectivity index (χ3v) is 2.96. The van der Waals surface area contributed by atoms with Crippen molar-refractivity contribution in [2.75, 3.05) is 5.32 Å². The molecule has 2 aromatic rings. The summed E-state index contributed by atoms with van der Waals surface area (Å²) in [5.41, 5.74) is 0.280. The van der Waals surface area contributed by atoms with E-state index >= 15 is 0 Å². The number of carboxylic acids is 1. The molecule has 2 N–H and O–H groups in total. The molecule has 0 saturated carbocycles. The highest BCUT2D eigenvalue weighted by atomic mass is 35.5. The van der Waals surface area contributed by atoms with E-state index in [1.54, 1.807) is 6.07 Å². The van der Waals surface area contributed by atoms with E-state index in [0.717, 1.165) is 0 Å². The third-order valence-electron chi connectivity index (χ3n) is 2.43. The fourth-order valence-corrected chi connectivity index (χ4v) is 1.89. The van der Waals surface area contributed by atoms with Crippen molar-refractivity contribution in [3.8, 4) is 0 Å². The topological polar surface area (TPSA) is 49.3 Å². The first-order chi connectivity index (χ1) is 8.99. The van der Waals surface area contributed by atoms with E-state index in [1.807, 2.05) is 0 Å². The number of carboxylic acid groups (broad SMARTS) is 1. The van der Waals surface area contributed by atoms with Crippen LogP contribution in [0.4, 0.5) is 15.8 Å². The van der Waals surface area contributed by atoms with Crippen LogP contribution in [-0.2, 0) is 0 Å². The Labute approximate surface area is 118 Å². The molecule has 6 heteroatoms. The molecule has 0 aliphatic carbocycles. The molecule has 98 valence electrons. The molecule has 0 aliphatic rings. The number of anilines is 2. The molecule has 0 fully saturated rings. The van der Waals surface area contributed by atoms with Gasteiger partial charge in [-0.2, -0.15) is 0 Å². The lowest BCUT2D eigenvalue weighted by Gasteiger charge is -2.11. The predicted octanol–water partition coefficient (Wildman–Crippen LogP) is 4.57. The van der Waals surface area contributed by atoms with Gasteiger partial charge in [0, 0.05) is 5.02 Å². The van der Waals surface area contributed by atoms with Crippen molar-refractivity contribution in [1.29, 1.82) is 0 Å². The van der Waals surface area contributed by atoms with E-state index < -0.39 is 11.8 Å². The van der Waals surface area contributed by atoms with Gasteiger partial charge in [0.25, 0.3) is 0 Å². The van der Waals surface area contributed by atoms with Gasteiger partial charge < -0.3 is 10.4 Å². The summed E-state index contributed by atoms with van der Waals surface area (Å²) < 4.78 is 13.7. The highest BCUT2D eigenvalue weighted by molar-refractivity contribution is 6.31. The zero-order chi connectivity index (χ0) is 14.0. The summed E-state index contributed by atoms with van der Waals surface area (Å²) in [5, 5.41) is 12.0. The van der Waals surface area contributed by atoms with E-state index in [-0.39, 0.29) is 27.0 Å². The van der Waals surface area contributed by atoms with Gasteiger partial charge in [-0.05, 0) is 30.3 Å². The minimum absolute atomic E-state index is 0.0455. The molecule has 2 aromatic carbocycles. The van der Waals surface area contributed by atoms with Gasteiger partial charge in [-0.25, -0.2) is 9.18 Å². The van der Waals surface area contributed by atoms with Crippen LogP contribution in [0, 0.1) is 5.82 Å². The van der Waals surface area contributed by atoms with Gasteiger partial charge in [-0.1, -0.05) is 29.3 Å². The van der Waals surface area contributed by atoms with Crippen LogP contribution in [0.2, 0.25) is 10.0 Å². The first-order valence-electron chi connectivity index (χ1n) is 5.23. The molecule has 0 bridgehead atoms. The van der Waals surface area contributed by atoms with Crippen molar-refractivity contribution in [1.82, 2.24) is 0 Å². The van der Waals surface area contributed by atoms with Crippen LogP contribution < -0.4 is 5.32 Å². The first kappa shape index (κ1) is 13.6. The zero-order valence-electron chi connectivity index (χ0n) is 9.45. The standard InChI is InChI=1S/C13H8Cl2FNO2/c14-7-4-5-10(8(6-7)13(18)19)17-11-3-1-2-9(15)12(11)16/h1-6,17H,(H,18,19). The van der Waals surface area contributed by atoms with Crippen molar-refractivity contribution in [3.05, 3.63) is 57.8 Å². The smallest absolute Gasteiger partial charge is 0.337 e. The molecule has 0 spiro atoms. The average Bonchev–Trinajstić information content (AvgIpc) is 2.36. The molecule has 0 aromatic heterocycles. The van der Waals surface area contributed by atoms with Crippen molar-refractivity contribution in [3.63, 3.8) is 0 Å². The van der Waals surface area contributed by atoms with Gasteiger partial charge in [0.05, 0.1) is 22.0 Å². The maximum atomic E-state index is 13.7. The lowest BCUT2D eigenvalue weighted by atomic mass is 10.1. The highest BCUT2D eigenvalue weighted by Crippen LogP contribution is 2.28. The number of halogens is 3. The third kappa shape index (κ3) is 2.97. The van der Waals surface area contributed by atoms with E-state index in [0.29, 0.717) is 0 Å². The molecule has 0 aliphatic heterocycles. The largest absolute Gasteiger partial charge is 0.478 e. The predicted molar refractivity (Wildman–Crippen MR) is 73.1 cm³/mol. The van der Waals surface area contributed by atoms with E-state index in [1.165, 1.54) is 30.3 Å². The van der Waals surface area contributed by atoms with Gasteiger partial charge >= 0.3 is 5.97 Å². The van der Waals surface area contributed by atoms with E-state index in [4.69, 9.17) is 28.3 Å². The summed E-state index contributed by atoms with van der Waals surface area (Å²) in [6.07, 6.45) is 0. The van der Waals surface area contributed by atoms with Crippen molar-refractivity contribution in [2.45, 2.75) is 0 Å². The van der Waals surface area contributed by atoms with Crippen molar-refractivity contribution >= 4 is 40.5 Å². The van der Waals surface area contributed by atoms with Crippen LogP contribution in [0.25, 0.3) is 0 Å². The van der Waals surface area contributed by atoms with Crippen molar-refractivity contribution < 1.29 is 14.3 Å². The van der Waals surface area contributed by atoms with Crippen LogP contribution in [-0.4, -0.2) is 11.1 Å². The minimum atomic E-state index is -1.16. The number of aromatic carboxylic acids is 1. The lowest BCUT2D eigenvalue weighted by Crippen LogP contribution is -2.03. The van der Waals surface area contributed by atoms with Gasteiger partial charge in [0.1, 0.15) is 0 Å². The van der Waals surface area contributed by atoms with Crippen LogP contribution >= 0.6 is 23.2 Å². The van der Waals surface area contributed by atoms with Gasteiger partial charge in [0.15, 0.2) is 5.82 Å².